The molecule has 0 aromatic carbocycles. The molecule has 2 heteroatoms. The van der Waals surface area contributed by atoms with Crippen LogP contribution in [0.2, 0.25) is 0 Å². The predicted molar refractivity (Wildman–Crippen MR) is 53.8 cm³/mol. The fraction of sp³-hybridized carbons (Fsp3) is 0.600. The van der Waals surface area contributed by atoms with Crippen LogP contribution in [-0.4, -0.2) is 13.1 Å². The molecule has 0 unspecified atom stereocenters. The second-order valence-corrected chi connectivity index (χ2v) is 4.43. The summed E-state index contributed by atoms with van der Waals surface area (Å²) in [5, 5.41) is 5.60. The van der Waals surface area contributed by atoms with E-state index in [1.165, 1.54) is 25.7 Å². The van der Waals surface area contributed by atoms with E-state index in [0.29, 0.717) is 0 Å². The van der Waals surface area contributed by atoms with E-state index in [0.717, 1.165) is 6.04 Å². The van der Waals surface area contributed by atoms with Gasteiger partial charge in [0.05, 0.1) is 0 Å². The summed E-state index contributed by atoms with van der Waals surface area (Å²) in [4.78, 5) is 1.62. The van der Waals surface area contributed by atoms with E-state index >= 15 is 0 Å². The van der Waals surface area contributed by atoms with Crippen molar-refractivity contribution < 1.29 is 0 Å². The van der Waals surface area contributed by atoms with Crippen molar-refractivity contribution in [2.75, 3.05) is 7.05 Å². The number of hydrogen-bond acceptors (Lipinski definition) is 2. The molecule has 2 rings (SSSR count). The largest absolute Gasteiger partial charge is 0.317 e. The lowest BCUT2D eigenvalue weighted by Crippen LogP contribution is -2.24. The van der Waals surface area contributed by atoms with Crippen LogP contribution in [0.1, 0.15) is 23.3 Å². The zero-order valence-electron chi connectivity index (χ0n) is 7.47. The van der Waals surface area contributed by atoms with Crippen LogP contribution in [0.3, 0.4) is 0 Å². The first-order chi connectivity index (χ1) is 5.90. The van der Waals surface area contributed by atoms with Crippen LogP contribution in [0.5, 0.6) is 0 Å². The van der Waals surface area contributed by atoms with E-state index in [2.05, 4.69) is 23.8 Å². The zero-order valence-corrected chi connectivity index (χ0v) is 8.29. The lowest BCUT2D eigenvalue weighted by atomic mass is 10.1. The summed E-state index contributed by atoms with van der Waals surface area (Å²) in [6.07, 6.45) is 5.16. The number of hydrogen-bond donors (Lipinski definition) is 1. The monoisotopic (exact) mass is 181 g/mol. The molecule has 1 aliphatic rings. The van der Waals surface area contributed by atoms with Gasteiger partial charge >= 0.3 is 0 Å². The van der Waals surface area contributed by atoms with Gasteiger partial charge in [-0.2, -0.15) is 0 Å². The first-order valence-corrected chi connectivity index (χ1v) is 5.50. The first-order valence-electron chi connectivity index (χ1n) is 4.62. The molecule has 12 heavy (non-hydrogen) atoms. The molecule has 0 spiro atoms. The molecule has 1 nitrogen and oxygen atoms in total. The first kappa shape index (κ1) is 8.27. The predicted octanol–water partition coefficient (Wildman–Crippen LogP) is 2.21. The molecule has 0 radical (unpaired) electrons. The maximum atomic E-state index is 3.37. The van der Waals surface area contributed by atoms with E-state index in [-0.39, 0.29) is 0 Å². The van der Waals surface area contributed by atoms with Crippen LogP contribution in [0.4, 0.5) is 0 Å². The van der Waals surface area contributed by atoms with E-state index < -0.39 is 0 Å². The highest BCUT2D eigenvalue weighted by Gasteiger charge is 2.14. The van der Waals surface area contributed by atoms with Gasteiger partial charge in [-0.15, -0.1) is 11.3 Å². The molecule has 1 aromatic rings. The minimum Gasteiger partial charge on any atom is -0.317 e. The maximum absolute atomic E-state index is 3.37. The summed E-state index contributed by atoms with van der Waals surface area (Å²) in [5.41, 5.74) is 1.60. The zero-order chi connectivity index (χ0) is 8.39. The van der Waals surface area contributed by atoms with Gasteiger partial charge in [-0.05, 0) is 49.7 Å². The Labute approximate surface area is 77.8 Å². The molecule has 0 saturated carbocycles. The van der Waals surface area contributed by atoms with E-state index in [1.807, 2.05) is 11.3 Å². The minimum absolute atomic E-state index is 0.740. The Hall–Kier alpha value is -0.340. The molecule has 1 N–H and O–H groups in total. The van der Waals surface area contributed by atoms with E-state index in [4.69, 9.17) is 0 Å². The highest BCUT2D eigenvalue weighted by Crippen LogP contribution is 2.25. The Morgan fingerprint density at radius 3 is 3.08 bits per heavy atom. The number of nitrogens with one attached hydrogen (secondary N) is 1. The molecule has 1 aromatic heterocycles. The average Bonchev–Trinajstić information content (AvgIpc) is 2.46. The number of fused-ring (bicyclic) bond motifs is 1. The van der Waals surface area contributed by atoms with Crippen molar-refractivity contribution in [2.45, 2.75) is 31.7 Å². The normalized spacial score (nSPS) is 23.2. The second-order valence-electron chi connectivity index (χ2n) is 3.43. The van der Waals surface area contributed by atoms with Gasteiger partial charge < -0.3 is 5.32 Å². The van der Waals surface area contributed by atoms with Crippen LogP contribution < -0.4 is 5.32 Å². The Morgan fingerprint density at radius 2 is 2.25 bits per heavy atom. The fourth-order valence-corrected chi connectivity index (χ4v) is 2.83. The summed E-state index contributed by atoms with van der Waals surface area (Å²) in [7, 11) is 2.07. The third-order valence-corrected chi connectivity index (χ3v) is 3.75. The standard InChI is InChI=1S/C10H15NS/c1-11-9-3-2-8-6-7-12-10(8)5-4-9/h6-7,9,11H,2-5H2,1H3/t9-/m1/s1. The summed E-state index contributed by atoms with van der Waals surface area (Å²) < 4.78 is 0. The van der Waals surface area contributed by atoms with Gasteiger partial charge in [0.15, 0.2) is 0 Å². The van der Waals surface area contributed by atoms with Crippen molar-refractivity contribution in [1.82, 2.24) is 5.32 Å². The minimum atomic E-state index is 0.740. The van der Waals surface area contributed by atoms with Crippen LogP contribution in [0.25, 0.3) is 0 Å². The molecule has 0 fully saturated rings. The molecule has 1 aliphatic carbocycles. The molecule has 66 valence electrons. The van der Waals surface area contributed by atoms with Crippen molar-refractivity contribution >= 4 is 11.3 Å². The fourth-order valence-electron chi connectivity index (χ4n) is 1.88. The summed E-state index contributed by atoms with van der Waals surface area (Å²) in [6, 6.07) is 3.03. The van der Waals surface area contributed by atoms with Gasteiger partial charge in [-0.1, -0.05) is 0 Å². The Kier molecular flexibility index (Phi) is 2.47. The number of aryl methyl sites for hydroxylation is 2. The highest BCUT2D eigenvalue weighted by molar-refractivity contribution is 7.10. The van der Waals surface area contributed by atoms with Crippen LogP contribution in [0, 0.1) is 0 Å². The van der Waals surface area contributed by atoms with Crippen molar-refractivity contribution in [3.8, 4) is 0 Å². The summed E-state index contributed by atoms with van der Waals surface area (Å²) >= 11 is 1.92. The lowest BCUT2D eigenvalue weighted by Gasteiger charge is -2.11. The lowest BCUT2D eigenvalue weighted by molar-refractivity contribution is 0.504. The van der Waals surface area contributed by atoms with Gasteiger partial charge in [-0.25, -0.2) is 0 Å². The molecule has 0 saturated heterocycles. The summed E-state index contributed by atoms with van der Waals surface area (Å²) in [5.74, 6) is 0. The van der Waals surface area contributed by atoms with Crippen molar-refractivity contribution in [1.29, 1.82) is 0 Å². The van der Waals surface area contributed by atoms with Gasteiger partial charge in [-0.3, -0.25) is 0 Å². The Bertz CT molecular complexity index is 232. The second kappa shape index (κ2) is 3.58. The average molecular weight is 181 g/mol. The van der Waals surface area contributed by atoms with E-state index in [9.17, 15) is 0 Å². The topological polar surface area (TPSA) is 12.0 Å². The Balaban J connectivity index is 2.10. The van der Waals surface area contributed by atoms with Crippen LogP contribution in [0.15, 0.2) is 11.4 Å². The molecule has 0 bridgehead atoms. The van der Waals surface area contributed by atoms with Gasteiger partial charge in [0.1, 0.15) is 0 Å². The van der Waals surface area contributed by atoms with Crippen molar-refractivity contribution in [2.24, 2.45) is 0 Å². The van der Waals surface area contributed by atoms with Gasteiger partial charge in [0.2, 0.25) is 0 Å². The van der Waals surface area contributed by atoms with Crippen LogP contribution in [-0.2, 0) is 12.8 Å². The third kappa shape index (κ3) is 1.54. The maximum Gasteiger partial charge on any atom is 0.00778 e. The Morgan fingerprint density at radius 1 is 1.42 bits per heavy atom. The van der Waals surface area contributed by atoms with E-state index in [1.54, 1.807) is 10.4 Å². The van der Waals surface area contributed by atoms with Gasteiger partial charge in [0.25, 0.3) is 0 Å². The smallest absolute Gasteiger partial charge is 0.00778 e. The molecule has 0 aliphatic heterocycles. The molecular weight excluding hydrogens is 166 g/mol. The molecule has 0 amide bonds. The molecule has 1 heterocycles. The van der Waals surface area contributed by atoms with Crippen LogP contribution >= 0.6 is 11.3 Å². The molecular formula is C10H15NS. The highest BCUT2D eigenvalue weighted by atomic mass is 32.1. The van der Waals surface area contributed by atoms with Crippen molar-refractivity contribution in [3.63, 3.8) is 0 Å². The number of thiophene rings is 1. The number of rotatable bonds is 1. The van der Waals surface area contributed by atoms with Crippen molar-refractivity contribution in [3.05, 3.63) is 21.9 Å². The third-order valence-electron chi connectivity index (χ3n) is 2.73. The quantitative estimate of drug-likeness (QED) is 0.655. The molecule has 1 atom stereocenters. The summed E-state index contributed by atoms with van der Waals surface area (Å²) in [6.45, 7) is 0. The van der Waals surface area contributed by atoms with Gasteiger partial charge in [0, 0.05) is 10.9 Å². The SMILES string of the molecule is CN[C@@H]1CCc2ccsc2CC1.